The van der Waals surface area contributed by atoms with E-state index in [0.29, 0.717) is 46.2 Å². The van der Waals surface area contributed by atoms with Gasteiger partial charge >= 0.3 is 0 Å². The van der Waals surface area contributed by atoms with Crippen LogP contribution in [0.3, 0.4) is 0 Å². The third-order valence-corrected chi connectivity index (χ3v) is 6.27. The Kier molecular flexibility index (Phi) is 5.31. The molecule has 1 aliphatic heterocycles. The fourth-order valence-corrected chi connectivity index (χ4v) is 3.82. The zero-order valence-corrected chi connectivity index (χ0v) is 15.9. The molecular formula is C16H19Cl2N5OS. The van der Waals surface area contributed by atoms with E-state index >= 15 is 0 Å². The number of piperidine rings is 1. The summed E-state index contributed by atoms with van der Waals surface area (Å²) in [4.78, 5) is 11.5. The lowest BCUT2D eigenvalue weighted by Gasteiger charge is -2.41. The van der Waals surface area contributed by atoms with Gasteiger partial charge in [0.05, 0.1) is 22.3 Å². The van der Waals surface area contributed by atoms with Crippen molar-refractivity contribution < 1.29 is 5.11 Å². The first kappa shape index (κ1) is 18.5. The molecule has 1 saturated heterocycles. The summed E-state index contributed by atoms with van der Waals surface area (Å²) in [6, 6.07) is 5.38. The number of β-amino-alcohol motifs (C(OH)–C–C–N with tert-alkyl or cyclic N) is 1. The maximum Gasteiger partial charge on any atom is 0.158 e. The topological polar surface area (TPSA) is 101 Å². The van der Waals surface area contributed by atoms with Gasteiger partial charge in [-0.2, -0.15) is 0 Å². The van der Waals surface area contributed by atoms with Crippen LogP contribution in [0.4, 0.5) is 11.6 Å². The summed E-state index contributed by atoms with van der Waals surface area (Å²) in [6.45, 7) is 2.93. The van der Waals surface area contributed by atoms with Gasteiger partial charge in [0.25, 0.3) is 0 Å². The van der Waals surface area contributed by atoms with Crippen LogP contribution < -0.4 is 16.4 Å². The van der Waals surface area contributed by atoms with Gasteiger partial charge in [-0.15, -0.1) is 0 Å². The van der Waals surface area contributed by atoms with Gasteiger partial charge in [-0.05, 0) is 25.5 Å². The second kappa shape index (κ2) is 7.17. The molecule has 9 heteroatoms. The zero-order valence-electron chi connectivity index (χ0n) is 13.6. The van der Waals surface area contributed by atoms with Crippen molar-refractivity contribution in [3.8, 4) is 0 Å². The van der Waals surface area contributed by atoms with E-state index in [4.69, 9.17) is 34.7 Å². The van der Waals surface area contributed by atoms with Crippen molar-refractivity contribution in [3.63, 3.8) is 0 Å². The molecule has 0 aliphatic carbocycles. The summed E-state index contributed by atoms with van der Waals surface area (Å²) < 4.78 is 0. The minimum atomic E-state index is -0.636. The Morgan fingerprint density at radius 2 is 2.16 bits per heavy atom. The normalized spacial score (nSPS) is 23.7. The van der Waals surface area contributed by atoms with Crippen LogP contribution in [-0.4, -0.2) is 39.8 Å². The van der Waals surface area contributed by atoms with Crippen LogP contribution in [0.15, 0.2) is 34.3 Å². The smallest absolute Gasteiger partial charge is 0.158 e. The molecule has 1 aromatic heterocycles. The van der Waals surface area contributed by atoms with E-state index in [-0.39, 0.29) is 0 Å². The summed E-state index contributed by atoms with van der Waals surface area (Å²) in [5.74, 6) is 0.919. The van der Waals surface area contributed by atoms with Gasteiger partial charge in [0.1, 0.15) is 10.8 Å². The predicted molar refractivity (Wildman–Crippen MR) is 102 cm³/mol. The number of hydrogen-bond donors (Lipinski definition) is 3. The summed E-state index contributed by atoms with van der Waals surface area (Å²) in [6.07, 6.45) is 1.66. The second-order valence-electron chi connectivity index (χ2n) is 6.29. The molecule has 2 aromatic rings. The zero-order chi connectivity index (χ0) is 18.2. The molecule has 1 aromatic carbocycles. The third-order valence-electron chi connectivity index (χ3n) is 4.27. The fourth-order valence-electron chi connectivity index (χ4n) is 2.54. The Labute approximate surface area is 160 Å². The van der Waals surface area contributed by atoms with Crippen molar-refractivity contribution in [3.05, 3.63) is 34.4 Å². The Morgan fingerprint density at radius 3 is 2.84 bits per heavy atom. The number of anilines is 2. The number of benzene rings is 1. The molecule has 6 nitrogen and oxygen atoms in total. The van der Waals surface area contributed by atoms with E-state index in [1.807, 2.05) is 24.0 Å². The average Bonchev–Trinajstić information content (AvgIpc) is 2.56. The number of aromatic nitrogens is 2. The lowest BCUT2D eigenvalue weighted by Crippen LogP contribution is -2.59. The summed E-state index contributed by atoms with van der Waals surface area (Å²) in [5.41, 5.74) is 11.5. The Balaban J connectivity index is 1.79. The Hall–Kier alpha value is -1.25. The number of aliphatic hydroxyl groups is 1. The number of nitrogens with zero attached hydrogens (tertiary/aromatic N) is 3. The molecule has 2 heterocycles. The lowest BCUT2D eigenvalue weighted by atomic mass is 9.88. The number of rotatable bonds is 3. The van der Waals surface area contributed by atoms with Crippen LogP contribution in [0.5, 0.6) is 0 Å². The van der Waals surface area contributed by atoms with Crippen molar-refractivity contribution in [1.82, 2.24) is 9.97 Å². The molecule has 0 unspecified atom stereocenters. The maximum atomic E-state index is 10.2. The number of halogens is 2. The standard InChI is InChI=1S/C16H19Cl2N5OS/c1-16(20)5-6-23(8-11(16)24)12-7-21-15(14(19)22-12)25-10-4-2-3-9(17)13(10)18/h2-4,7,11,24H,5-6,8,20H2,1H3,(H2,19,22)/t11-,16+/m1/s1. The Morgan fingerprint density at radius 1 is 1.40 bits per heavy atom. The number of aliphatic hydroxyl groups excluding tert-OH is 1. The van der Waals surface area contributed by atoms with E-state index in [9.17, 15) is 5.11 Å². The molecule has 25 heavy (non-hydrogen) atoms. The van der Waals surface area contributed by atoms with E-state index in [0.717, 1.165) is 4.90 Å². The van der Waals surface area contributed by atoms with Gasteiger partial charge in [0.2, 0.25) is 0 Å². The van der Waals surface area contributed by atoms with Crippen molar-refractivity contribution in [1.29, 1.82) is 0 Å². The van der Waals surface area contributed by atoms with Crippen molar-refractivity contribution in [2.75, 3.05) is 23.7 Å². The molecule has 5 N–H and O–H groups in total. The number of nitrogens with two attached hydrogens (primary N) is 2. The highest BCUT2D eigenvalue weighted by molar-refractivity contribution is 7.99. The SMILES string of the molecule is C[C@]1(N)CCN(c2cnc(Sc3cccc(Cl)c3Cl)c(N)n2)C[C@H]1O. The molecule has 0 radical (unpaired) electrons. The highest BCUT2D eigenvalue weighted by atomic mass is 35.5. The van der Waals surface area contributed by atoms with E-state index in [1.54, 1.807) is 12.3 Å². The van der Waals surface area contributed by atoms with Gasteiger partial charge < -0.3 is 21.5 Å². The highest BCUT2D eigenvalue weighted by Crippen LogP contribution is 2.38. The molecule has 0 bridgehead atoms. The first-order valence-corrected chi connectivity index (χ1v) is 9.31. The van der Waals surface area contributed by atoms with Gasteiger partial charge in [-0.3, -0.25) is 0 Å². The molecule has 134 valence electrons. The minimum absolute atomic E-state index is 0.300. The first-order chi connectivity index (χ1) is 11.8. The monoisotopic (exact) mass is 399 g/mol. The average molecular weight is 400 g/mol. The molecule has 1 aliphatic rings. The maximum absolute atomic E-state index is 10.2. The number of nitrogen functional groups attached to an aromatic ring is 1. The molecule has 2 atom stereocenters. The predicted octanol–water partition coefficient (Wildman–Crippen LogP) is 2.81. The summed E-state index contributed by atoms with van der Waals surface area (Å²) in [7, 11) is 0. The third kappa shape index (κ3) is 3.96. The molecule has 1 fully saturated rings. The van der Waals surface area contributed by atoms with E-state index in [1.165, 1.54) is 11.8 Å². The second-order valence-corrected chi connectivity index (χ2v) is 8.11. The van der Waals surface area contributed by atoms with Crippen LogP contribution in [0.2, 0.25) is 10.0 Å². The quantitative estimate of drug-likeness (QED) is 0.728. The molecule has 0 amide bonds. The molecule has 3 rings (SSSR count). The molecule has 0 saturated carbocycles. The van der Waals surface area contributed by atoms with Crippen LogP contribution >= 0.6 is 35.0 Å². The first-order valence-electron chi connectivity index (χ1n) is 7.74. The van der Waals surface area contributed by atoms with Crippen molar-refractivity contribution in [2.24, 2.45) is 5.73 Å². The van der Waals surface area contributed by atoms with Gasteiger partial charge in [-0.25, -0.2) is 9.97 Å². The van der Waals surface area contributed by atoms with Gasteiger partial charge in [0.15, 0.2) is 5.82 Å². The van der Waals surface area contributed by atoms with Gasteiger partial charge in [-0.1, -0.05) is 41.0 Å². The van der Waals surface area contributed by atoms with Crippen molar-refractivity contribution in [2.45, 2.75) is 34.9 Å². The molecular weight excluding hydrogens is 381 g/mol. The minimum Gasteiger partial charge on any atom is -0.389 e. The summed E-state index contributed by atoms with van der Waals surface area (Å²) >= 11 is 13.5. The number of hydrogen-bond acceptors (Lipinski definition) is 7. The van der Waals surface area contributed by atoms with Crippen LogP contribution in [0.1, 0.15) is 13.3 Å². The van der Waals surface area contributed by atoms with Crippen LogP contribution in [0.25, 0.3) is 0 Å². The van der Waals surface area contributed by atoms with E-state index in [2.05, 4.69) is 9.97 Å². The van der Waals surface area contributed by atoms with Gasteiger partial charge in [0, 0.05) is 23.5 Å². The lowest BCUT2D eigenvalue weighted by molar-refractivity contribution is 0.0792. The fraction of sp³-hybridized carbons (Fsp3) is 0.375. The van der Waals surface area contributed by atoms with Crippen LogP contribution in [-0.2, 0) is 0 Å². The molecule has 0 spiro atoms. The van der Waals surface area contributed by atoms with Crippen LogP contribution in [0, 0.1) is 0 Å². The summed E-state index contributed by atoms with van der Waals surface area (Å²) in [5, 5.41) is 11.6. The van der Waals surface area contributed by atoms with E-state index < -0.39 is 11.6 Å². The largest absolute Gasteiger partial charge is 0.389 e. The van der Waals surface area contributed by atoms with Crippen molar-refractivity contribution >= 4 is 46.6 Å². The highest BCUT2D eigenvalue weighted by Gasteiger charge is 2.35. The Bertz CT molecular complexity index is 789.